The summed E-state index contributed by atoms with van der Waals surface area (Å²) >= 11 is 0. The molecule has 1 heterocycles. The smallest absolute Gasteiger partial charge is 0.254 e. The fraction of sp³-hybridized carbons (Fsp3) is 0.240. The van der Waals surface area contributed by atoms with Gasteiger partial charge in [-0.2, -0.15) is 0 Å². The molecule has 4 N–H and O–H groups in total. The summed E-state index contributed by atoms with van der Waals surface area (Å²) < 4.78 is 44.7. The Bertz CT molecular complexity index is 1390. The van der Waals surface area contributed by atoms with Gasteiger partial charge in [-0.05, 0) is 53.9 Å². The molecule has 4 rings (SSSR count). The second-order valence-corrected chi connectivity index (χ2v) is 10.3. The van der Waals surface area contributed by atoms with Crippen molar-refractivity contribution in [3.63, 3.8) is 0 Å². The summed E-state index contributed by atoms with van der Waals surface area (Å²) in [7, 11) is -3.75. The van der Waals surface area contributed by atoms with E-state index in [1.165, 1.54) is 6.07 Å². The highest BCUT2D eigenvalue weighted by atomic mass is 32.2. The molecule has 9 heteroatoms. The second-order valence-electron chi connectivity index (χ2n) is 8.27. The monoisotopic (exact) mass is 483 g/mol. The minimum Gasteiger partial charge on any atom is -0.491 e. The molecule has 0 aliphatic carbocycles. The van der Waals surface area contributed by atoms with Crippen LogP contribution in [-0.2, 0) is 22.8 Å². The van der Waals surface area contributed by atoms with Gasteiger partial charge in [0, 0.05) is 29.5 Å². The summed E-state index contributed by atoms with van der Waals surface area (Å²) in [5.41, 5.74) is 15.6. The summed E-state index contributed by atoms with van der Waals surface area (Å²) in [6, 6.07) is 13.6. The first-order chi connectivity index (χ1) is 16.1. The fourth-order valence-electron chi connectivity index (χ4n) is 4.10. The molecule has 1 aliphatic rings. The zero-order valence-corrected chi connectivity index (χ0v) is 19.8. The molecule has 3 aromatic carbocycles. The first-order valence-corrected chi connectivity index (χ1v) is 12.7. The van der Waals surface area contributed by atoms with Gasteiger partial charge in [0.1, 0.15) is 23.1 Å². The number of hydrogen-bond donors (Lipinski definition) is 2. The first-order valence-electron chi connectivity index (χ1n) is 10.8. The molecule has 0 atom stereocenters. The number of fused-ring (bicyclic) bond motifs is 1. The number of nitrogen functional groups attached to an aromatic ring is 2. The van der Waals surface area contributed by atoms with Gasteiger partial charge in [0.15, 0.2) is 9.84 Å². The average molecular weight is 484 g/mol. The van der Waals surface area contributed by atoms with E-state index in [1.54, 1.807) is 24.0 Å². The number of hydrogen-bond acceptors (Lipinski definition) is 6. The highest BCUT2D eigenvalue weighted by molar-refractivity contribution is 7.90. The number of ether oxygens (including phenoxy) is 1. The van der Waals surface area contributed by atoms with Crippen molar-refractivity contribution >= 4 is 27.1 Å². The number of nitrogens with zero attached hydrogens (tertiary/aromatic N) is 1. The third-order valence-electron chi connectivity index (χ3n) is 5.94. The number of sulfone groups is 1. The van der Waals surface area contributed by atoms with Gasteiger partial charge in [0.05, 0.1) is 17.9 Å². The first kappa shape index (κ1) is 23.6. The van der Waals surface area contributed by atoms with Gasteiger partial charge in [-0.3, -0.25) is 4.79 Å². The molecule has 1 aliphatic heterocycles. The molecule has 0 fully saturated rings. The van der Waals surface area contributed by atoms with Gasteiger partial charge < -0.3 is 21.1 Å². The molecule has 0 unspecified atom stereocenters. The molecule has 0 saturated carbocycles. The molecule has 0 bridgehead atoms. The van der Waals surface area contributed by atoms with E-state index in [4.69, 9.17) is 16.2 Å². The van der Waals surface area contributed by atoms with Crippen LogP contribution < -0.4 is 16.2 Å². The SMILES string of the molecule is CCc1c(C(=O)N2CCOc3ccc(-c4ccc(N)c(N)c4)cc3C2)ccc(S(C)(=O)=O)c1F. The zero-order valence-electron chi connectivity index (χ0n) is 19.0. The van der Waals surface area contributed by atoms with Crippen LogP contribution in [0.2, 0.25) is 0 Å². The van der Waals surface area contributed by atoms with E-state index in [9.17, 15) is 17.6 Å². The molecule has 3 aromatic rings. The lowest BCUT2D eigenvalue weighted by atomic mass is 10.0. The molecular weight excluding hydrogens is 457 g/mol. The van der Waals surface area contributed by atoms with Crippen molar-refractivity contribution in [1.82, 2.24) is 4.90 Å². The number of benzene rings is 3. The zero-order chi connectivity index (χ0) is 24.6. The van der Waals surface area contributed by atoms with Crippen LogP contribution in [0, 0.1) is 5.82 Å². The van der Waals surface area contributed by atoms with Crippen molar-refractivity contribution in [2.45, 2.75) is 24.8 Å². The van der Waals surface area contributed by atoms with Crippen molar-refractivity contribution in [3.05, 3.63) is 71.0 Å². The van der Waals surface area contributed by atoms with E-state index in [-0.39, 0.29) is 36.6 Å². The Morgan fingerprint density at radius 3 is 2.44 bits per heavy atom. The van der Waals surface area contributed by atoms with Crippen molar-refractivity contribution in [1.29, 1.82) is 0 Å². The van der Waals surface area contributed by atoms with Gasteiger partial charge in [-0.25, -0.2) is 12.8 Å². The van der Waals surface area contributed by atoms with E-state index in [1.807, 2.05) is 24.3 Å². The summed E-state index contributed by atoms with van der Waals surface area (Å²) in [6.07, 6.45) is 1.13. The van der Waals surface area contributed by atoms with Crippen LogP contribution in [0.3, 0.4) is 0 Å². The maximum absolute atomic E-state index is 15.0. The normalized spacial score (nSPS) is 13.7. The number of nitrogens with two attached hydrogens (primary N) is 2. The minimum absolute atomic E-state index is 0.0874. The Hall–Kier alpha value is -3.59. The largest absolute Gasteiger partial charge is 0.491 e. The van der Waals surface area contributed by atoms with Gasteiger partial charge in [0.25, 0.3) is 5.91 Å². The molecule has 0 saturated heterocycles. The van der Waals surface area contributed by atoms with Gasteiger partial charge in [0.2, 0.25) is 0 Å². The molecule has 7 nitrogen and oxygen atoms in total. The predicted octanol–water partition coefficient (Wildman–Crippen LogP) is 3.66. The number of amides is 1. The topological polar surface area (TPSA) is 116 Å². The van der Waals surface area contributed by atoms with E-state index in [2.05, 4.69) is 0 Å². The Labute approximate surface area is 198 Å². The van der Waals surface area contributed by atoms with Crippen molar-refractivity contribution < 1.29 is 22.3 Å². The summed E-state index contributed by atoms with van der Waals surface area (Å²) in [5, 5.41) is 0. The molecule has 0 radical (unpaired) electrons. The summed E-state index contributed by atoms with van der Waals surface area (Å²) in [5.74, 6) is -0.586. The van der Waals surface area contributed by atoms with Crippen molar-refractivity contribution in [2.75, 3.05) is 30.9 Å². The van der Waals surface area contributed by atoms with Crippen LogP contribution in [0.5, 0.6) is 5.75 Å². The maximum Gasteiger partial charge on any atom is 0.254 e. The molecule has 0 spiro atoms. The lowest BCUT2D eigenvalue weighted by molar-refractivity contribution is 0.0731. The molecule has 34 heavy (non-hydrogen) atoms. The third-order valence-corrected chi connectivity index (χ3v) is 7.05. The fourth-order valence-corrected chi connectivity index (χ4v) is 4.87. The van der Waals surface area contributed by atoms with Crippen molar-refractivity contribution in [3.8, 4) is 16.9 Å². The number of carbonyl (C=O) groups excluding carboxylic acids is 1. The van der Waals surface area contributed by atoms with Crippen LogP contribution in [-0.4, -0.2) is 38.6 Å². The van der Waals surface area contributed by atoms with E-state index in [0.717, 1.165) is 29.0 Å². The van der Waals surface area contributed by atoms with E-state index < -0.39 is 20.5 Å². The second kappa shape index (κ2) is 8.98. The van der Waals surface area contributed by atoms with Crippen LogP contribution >= 0.6 is 0 Å². The lowest BCUT2D eigenvalue weighted by Gasteiger charge is -2.22. The molecule has 1 amide bonds. The predicted molar refractivity (Wildman–Crippen MR) is 130 cm³/mol. The Morgan fingerprint density at radius 1 is 1.06 bits per heavy atom. The third kappa shape index (κ3) is 4.43. The van der Waals surface area contributed by atoms with Gasteiger partial charge >= 0.3 is 0 Å². The summed E-state index contributed by atoms with van der Waals surface area (Å²) in [6.45, 7) is 2.52. The standard InChI is InChI=1S/C25H26FN3O4S/c1-3-18-19(6-9-23(24(18)26)34(2,31)32)25(30)29-10-11-33-22-8-5-15(12-17(22)14-29)16-4-7-20(27)21(28)13-16/h4-9,12-13H,3,10-11,14,27-28H2,1-2H3. The van der Waals surface area contributed by atoms with E-state index in [0.29, 0.717) is 23.7 Å². The Morgan fingerprint density at radius 2 is 1.76 bits per heavy atom. The number of anilines is 2. The molecule has 178 valence electrons. The number of halogens is 1. The van der Waals surface area contributed by atoms with Gasteiger partial charge in [-0.1, -0.05) is 19.1 Å². The Kier molecular flexibility index (Phi) is 6.22. The number of carbonyl (C=O) groups is 1. The quantitative estimate of drug-likeness (QED) is 0.547. The van der Waals surface area contributed by atoms with E-state index >= 15 is 0 Å². The minimum atomic E-state index is -3.75. The average Bonchev–Trinajstić information content (AvgIpc) is 3.01. The highest BCUT2D eigenvalue weighted by Crippen LogP contribution is 2.32. The molecule has 0 aromatic heterocycles. The highest BCUT2D eigenvalue weighted by Gasteiger charge is 2.27. The lowest BCUT2D eigenvalue weighted by Crippen LogP contribution is -2.33. The number of rotatable bonds is 4. The van der Waals surface area contributed by atoms with Crippen LogP contribution in [0.1, 0.15) is 28.4 Å². The van der Waals surface area contributed by atoms with Crippen LogP contribution in [0.25, 0.3) is 11.1 Å². The molecular formula is C25H26FN3O4S. The summed E-state index contributed by atoms with van der Waals surface area (Å²) in [4.78, 5) is 14.6. The van der Waals surface area contributed by atoms with Crippen LogP contribution in [0.15, 0.2) is 53.4 Å². The van der Waals surface area contributed by atoms with Gasteiger partial charge in [-0.15, -0.1) is 0 Å². The maximum atomic E-state index is 15.0. The Balaban J connectivity index is 1.69. The van der Waals surface area contributed by atoms with Crippen LogP contribution in [0.4, 0.5) is 15.8 Å². The van der Waals surface area contributed by atoms with Crippen molar-refractivity contribution in [2.24, 2.45) is 0 Å².